The highest BCUT2D eigenvalue weighted by Gasteiger charge is 2.10. The fourth-order valence-corrected chi connectivity index (χ4v) is 1.32. The van der Waals surface area contributed by atoms with Crippen LogP contribution in [0.3, 0.4) is 0 Å². The summed E-state index contributed by atoms with van der Waals surface area (Å²) in [4.78, 5) is 8.33. The molecule has 0 fully saturated rings. The highest BCUT2D eigenvalue weighted by Crippen LogP contribution is 2.17. The molecule has 1 rings (SSSR count). The van der Waals surface area contributed by atoms with Crippen LogP contribution in [0.5, 0.6) is 0 Å². The van der Waals surface area contributed by atoms with Crippen molar-refractivity contribution in [1.82, 2.24) is 9.97 Å². The van der Waals surface area contributed by atoms with Crippen molar-refractivity contribution in [2.75, 3.05) is 13.7 Å². The number of hydrogen-bond acceptors (Lipinski definition) is 3. The van der Waals surface area contributed by atoms with E-state index < -0.39 is 0 Å². The van der Waals surface area contributed by atoms with Gasteiger partial charge in [-0.3, -0.25) is 0 Å². The summed E-state index contributed by atoms with van der Waals surface area (Å²) in [5, 5.41) is 0.508. The minimum Gasteiger partial charge on any atom is -0.384 e. The first-order chi connectivity index (χ1) is 6.15. The van der Waals surface area contributed by atoms with Crippen LogP contribution in [0.1, 0.15) is 18.7 Å². The standard InChI is InChI=1S/C8H10ClIN2O/c1-5(4-13-2)8-11-3-6(10)7(9)12-8/h3,5H,4H2,1-2H3. The fourth-order valence-electron chi connectivity index (χ4n) is 0.921. The quantitative estimate of drug-likeness (QED) is 0.635. The van der Waals surface area contributed by atoms with Gasteiger partial charge in [0.05, 0.1) is 10.2 Å². The largest absolute Gasteiger partial charge is 0.384 e. The molecule has 0 bridgehead atoms. The van der Waals surface area contributed by atoms with Gasteiger partial charge in [0.2, 0.25) is 0 Å². The minimum absolute atomic E-state index is 0.180. The zero-order valence-corrected chi connectivity index (χ0v) is 10.3. The van der Waals surface area contributed by atoms with Gasteiger partial charge in [0.1, 0.15) is 11.0 Å². The molecule has 1 unspecified atom stereocenters. The molecule has 1 aromatic heterocycles. The van der Waals surface area contributed by atoms with Crippen molar-refractivity contribution in [3.63, 3.8) is 0 Å². The molecule has 72 valence electrons. The van der Waals surface area contributed by atoms with Gasteiger partial charge in [0.15, 0.2) is 0 Å². The monoisotopic (exact) mass is 312 g/mol. The van der Waals surface area contributed by atoms with Crippen molar-refractivity contribution in [3.8, 4) is 0 Å². The number of halogens is 2. The third-order valence-corrected chi connectivity index (χ3v) is 2.97. The average molecular weight is 313 g/mol. The molecule has 13 heavy (non-hydrogen) atoms. The molecule has 1 aromatic rings. The molecule has 0 spiro atoms. The molecule has 5 heteroatoms. The summed E-state index contributed by atoms with van der Waals surface area (Å²) in [6.07, 6.45) is 1.72. The Kier molecular flexibility index (Phi) is 4.34. The molecule has 0 amide bonds. The molecule has 0 radical (unpaired) electrons. The summed E-state index contributed by atoms with van der Waals surface area (Å²) in [6.45, 7) is 2.61. The topological polar surface area (TPSA) is 35.0 Å². The molecular formula is C8H10ClIN2O. The van der Waals surface area contributed by atoms with Gasteiger partial charge in [-0.1, -0.05) is 18.5 Å². The van der Waals surface area contributed by atoms with E-state index in [4.69, 9.17) is 16.3 Å². The predicted molar refractivity (Wildman–Crippen MR) is 60.1 cm³/mol. The first-order valence-electron chi connectivity index (χ1n) is 3.82. The number of rotatable bonds is 3. The molecule has 0 aliphatic rings. The Bertz CT molecular complexity index is 295. The molecule has 0 saturated carbocycles. The van der Waals surface area contributed by atoms with Gasteiger partial charge in [0.25, 0.3) is 0 Å². The van der Waals surface area contributed by atoms with Crippen LogP contribution < -0.4 is 0 Å². The van der Waals surface area contributed by atoms with Crippen molar-refractivity contribution in [3.05, 3.63) is 20.7 Å². The van der Waals surface area contributed by atoms with E-state index in [-0.39, 0.29) is 5.92 Å². The lowest BCUT2D eigenvalue weighted by atomic mass is 10.2. The van der Waals surface area contributed by atoms with E-state index in [0.29, 0.717) is 11.8 Å². The Morgan fingerprint density at radius 1 is 1.69 bits per heavy atom. The van der Waals surface area contributed by atoms with Crippen LogP contribution in [-0.4, -0.2) is 23.7 Å². The summed E-state index contributed by atoms with van der Waals surface area (Å²) in [7, 11) is 1.66. The van der Waals surface area contributed by atoms with E-state index in [1.807, 2.05) is 6.92 Å². The lowest BCUT2D eigenvalue weighted by Crippen LogP contribution is -2.07. The maximum absolute atomic E-state index is 5.86. The van der Waals surface area contributed by atoms with Crippen LogP contribution in [0.4, 0.5) is 0 Å². The molecule has 0 aliphatic heterocycles. The molecule has 1 heterocycles. The maximum atomic E-state index is 5.86. The third-order valence-electron chi connectivity index (χ3n) is 1.58. The molecular weight excluding hydrogens is 302 g/mol. The number of aromatic nitrogens is 2. The van der Waals surface area contributed by atoms with E-state index in [2.05, 4.69) is 32.6 Å². The summed E-state index contributed by atoms with van der Waals surface area (Å²) in [6, 6.07) is 0. The number of nitrogens with zero attached hydrogens (tertiary/aromatic N) is 2. The lowest BCUT2D eigenvalue weighted by Gasteiger charge is -2.08. The second-order valence-electron chi connectivity index (χ2n) is 2.72. The van der Waals surface area contributed by atoms with E-state index in [9.17, 15) is 0 Å². The second kappa shape index (κ2) is 5.07. The molecule has 3 nitrogen and oxygen atoms in total. The van der Waals surface area contributed by atoms with Crippen molar-refractivity contribution in [2.24, 2.45) is 0 Å². The minimum atomic E-state index is 0.180. The SMILES string of the molecule is COCC(C)c1ncc(I)c(Cl)n1. The summed E-state index contributed by atoms with van der Waals surface area (Å²) >= 11 is 7.96. The van der Waals surface area contributed by atoms with Crippen molar-refractivity contribution in [2.45, 2.75) is 12.8 Å². The Morgan fingerprint density at radius 3 is 2.92 bits per heavy atom. The molecule has 0 aromatic carbocycles. The van der Waals surface area contributed by atoms with Crippen LogP contribution in [0.2, 0.25) is 5.15 Å². The van der Waals surface area contributed by atoms with Crippen LogP contribution in [0.15, 0.2) is 6.20 Å². The van der Waals surface area contributed by atoms with Gasteiger partial charge in [-0.15, -0.1) is 0 Å². The van der Waals surface area contributed by atoms with Crippen molar-refractivity contribution >= 4 is 34.2 Å². The first-order valence-corrected chi connectivity index (χ1v) is 5.27. The normalized spacial score (nSPS) is 12.9. The summed E-state index contributed by atoms with van der Waals surface area (Å²) in [5.74, 6) is 0.909. The molecule has 0 saturated heterocycles. The molecule has 1 atom stereocenters. The zero-order chi connectivity index (χ0) is 9.84. The van der Waals surface area contributed by atoms with Gasteiger partial charge >= 0.3 is 0 Å². The number of methoxy groups -OCH3 is 1. The van der Waals surface area contributed by atoms with Gasteiger partial charge in [-0.25, -0.2) is 9.97 Å². The van der Waals surface area contributed by atoms with E-state index in [1.54, 1.807) is 13.3 Å². The lowest BCUT2D eigenvalue weighted by molar-refractivity contribution is 0.181. The van der Waals surface area contributed by atoms with Crippen LogP contribution in [0.25, 0.3) is 0 Å². The zero-order valence-electron chi connectivity index (χ0n) is 7.42. The highest BCUT2D eigenvalue weighted by molar-refractivity contribution is 14.1. The van der Waals surface area contributed by atoms with Crippen LogP contribution in [0, 0.1) is 3.57 Å². The van der Waals surface area contributed by atoms with Gasteiger partial charge in [-0.05, 0) is 22.6 Å². The Labute approximate surface area is 96.0 Å². The summed E-state index contributed by atoms with van der Waals surface area (Å²) in [5.41, 5.74) is 0. The Hall–Kier alpha value is 0.0600. The Balaban J connectivity index is 2.84. The van der Waals surface area contributed by atoms with Gasteiger partial charge < -0.3 is 4.74 Å². The van der Waals surface area contributed by atoms with E-state index >= 15 is 0 Å². The molecule has 0 aliphatic carbocycles. The smallest absolute Gasteiger partial charge is 0.146 e. The highest BCUT2D eigenvalue weighted by atomic mass is 127. The van der Waals surface area contributed by atoms with Crippen LogP contribution in [-0.2, 0) is 4.74 Å². The second-order valence-corrected chi connectivity index (χ2v) is 4.24. The Morgan fingerprint density at radius 2 is 2.38 bits per heavy atom. The van der Waals surface area contributed by atoms with Gasteiger partial charge in [0, 0.05) is 19.2 Å². The predicted octanol–water partition coefficient (Wildman–Crippen LogP) is 2.48. The summed E-state index contributed by atoms with van der Waals surface area (Å²) < 4.78 is 5.87. The average Bonchev–Trinajstić information content (AvgIpc) is 2.10. The fraction of sp³-hybridized carbons (Fsp3) is 0.500. The van der Waals surface area contributed by atoms with Crippen LogP contribution >= 0.6 is 34.2 Å². The number of ether oxygens (including phenoxy) is 1. The van der Waals surface area contributed by atoms with Gasteiger partial charge in [-0.2, -0.15) is 0 Å². The molecule has 0 N–H and O–H groups in total. The maximum Gasteiger partial charge on any atom is 0.146 e. The van der Waals surface area contributed by atoms with E-state index in [0.717, 1.165) is 9.39 Å². The number of hydrogen-bond donors (Lipinski definition) is 0. The van der Waals surface area contributed by atoms with E-state index in [1.165, 1.54) is 0 Å². The first kappa shape index (κ1) is 11.1. The van der Waals surface area contributed by atoms with Crippen molar-refractivity contribution < 1.29 is 4.74 Å². The van der Waals surface area contributed by atoms with Crippen molar-refractivity contribution in [1.29, 1.82) is 0 Å². The third kappa shape index (κ3) is 3.03.